The first-order chi connectivity index (χ1) is 7.13. The third-order valence-electron chi connectivity index (χ3n) is 1.54. The number of amidine groups is 1. The van der Waals surface area contributed by atoms with Crippen molar-refractivity contribution >= 4 is 11.8 Å². The molecule has 2 N–H and O–H groups in total. The third-order valence-corrected chi connectivity index (χ3v) is 1.54. The molecule has 0 amide bonds. The Labute approximate surface area is 85.8 Å². The van der Waals surface area contributed by atoms with E-state index in [4.69, 9.17) is 5.73 Å². The highest BCUT2D eigenvalue weighted by atomic mass is 19.1. The van der Waals surface area contributed by atoms with E-state index in [9.17, 15) is 9.18 Å². The first-order valence-electron chi connectivity index (χ1n) is 4.06. The second kappa shape index (κ2) is 4.90. The van der Waals surface area contributed by atoms with Gasteiger partial charge < -0.3 is 10.6 Å². The van der Waals surface area contributed by atoms with Gasteiger partial charge in [-0.25, -0.2) is 9.18 Å². The molecule has 0 aliphatic heterocycles. The standard InChI is InChI=1S/C10H9FN2O2/c1-2-9(14)15-13-10(12)7-3-5-8(11)6-4-7/h2-6H,1H2,(H2,12,13). The van der Waals surface area contributed by atoms with Crippen molar-refractivity contribution in [1.29, 1.82) is 0 Å². The molecule has 0 radical (unpaired) electrons. The lowest BCUT2D eigenvalue weighted by Gasteiger charge is -1.98. The first kappa shape index (κ1) is 10.9. The van der Waals surface area contributed by atoms with Gasteiger partial charge in [0.2, 0.25) is 0 Å². The van der Waals surface area contributed by atoms with Crippen LogP contribution in [0.4, 0.5) is 4.39 Å². The minimum atomic E-state index is -0.708. The van der Waals surface area contributed by atoms with Gasteiger partial charge in [0.1, 0.15) is 5.82 Å². The fourth-order valence-electron chi connectivity index (χ4n) is 0.805. The molecule has 0 spiro atoms. The van der Waals surface area contributed by atoms with Gasteiger partial charge in [0.15, 0.2) is 5.84 Å². The summed E-state index contributed by atoms with van der Waals surface area (Å²) in [5.41, 5.74) is 5.93. The summed E-state index contributed by atoms with van der Waals surface area (Å²) in [4.78, 5) is 15.0. The van der Waals surface area contributed by atoms with E-state index >= 15 is 0 Å². The fourth-order valence-corrected chi connectivity index (χ4v) is 0.805. The van der Waals surface area contributed by atoms with Gasteiger partial charge in [-0.15, -0.1) is 0 Å². The molecule has 1 rings (SSSR count). The van der Waals surface area contributed by atoms with Crippen molar-refractivity contribution in [1.82, 2.24) is 0 Å². The van der Waals surface area contributed by atoms with Crippen LogP contribution in [-0.2, 0) is 9.63 Å². The van der Waals surface area contributed by atoms with Gasteiger partial charge in [-0.3, -0.25) is 0 Å². The number of carbonyl (C=O) groups excluding carboxylic acids is 1. The molecule has 0 unspecified atom stereocenters. The highest BCUT2D eigenvalue weighted by Gasteiger charge is 2.00. The number of oxime groups is 1. The number of rotatable bonds is 3. The van der Waals surface area contributed by atoms with Crippen molar-refractivity contribution in [2.45, 2.75) is 0 Å². The van der Waals surface area contributed by atoms with Crippen molar-refractivity contribution < 1.29 is 14.0 Å². The van der Waals surface area contributed by atoms with E-state index in [1.165, 1.54) is 24.3 Å². The van der Waals surface area contributed by atoms with E-state index in [1.807, 2.05) is 0 Å². The molecule has 0 saturated heterocycles. The molecule has 78 valence electrons. The summed E-state index contributed by atoms with van der Waals surface area (Å²) < 4.78 is 12.5. The quantitative estimate of drug-likeness (QED) is 0.266. The Morgan fingerprint density at radius 1 is 1.47 bits per heavy atom. The van der Waals surface area contributed by atoms with Crippen LogP contribution in [0.25, 0.3) is 0 Å². The number of benzene rings is 1. The lowest BCUT2D eigenvalue weighted by atomic mass is 10.2. The number of nitrogens with two attached hydrogens (primary N) is 1. The van der Waals surface area contributed by atoms with Gasteiger partial charge in [-0.2, -0.15) is 0 Å². The van der Waals surface area contributed by atoms with Crippen LogP contribution in [0.3, 0.4) is 0 Å². The van der Waals surface area contributed by atoms with Crippen molar-refractivity contribution in [3.8, 4) is 0 Å². The van der Waals surface area contributed by atoms with E-state index in [0.29, 0.717) is 5.56 Å². The van der Waals surface area contributed by atoms with Crippen molar-refractivity contribution in [3.05, 3.63) is 48.3 Å². The van der Waals surface area contributed by atoms with Crippen LogP contribution < -0.4 is 5.73 Å². The molecule has 0 bridgehead atoms. The molecule has 0 saturated carbocycles. The zero-order chi connectivity index (χ0) is 11.3. The molecular formula is C10H9FN2O2. The Kier molecular flexibility index (Phi) is 3.56. The minimum Gasteiger partial charge on any atom is -0.380 e. The van der Waals surface area contributed by atoms with E-state index in [1.54, 1.807) is 0 Å². The molecule has 4 nitrogen and oxygen atoms in total. The zero-order valence-electron chi connectivity index (χ0n) is 7.81. The van der Waals surface area contributed by atoms with Gasteiger partial charge >= 0.3 is 5.97 Å². The van der Waals surface area contributed by atoms with E-state index < -0.39 is 5.97 Å². The van der Waals surface area contributed by atoms with Gasteiger partial charge in [0.05, 0.1) is 0 Å². The second-order valence-corrected chi connectivity index (χ2v) is 2.60. The average Bonchev–Trinajstić information content (AvgIpc) is 2.26. The maximum absolute atomic E-state index is 12.5. The monoisotopic (exact) mass is 208 g/mol. The molecule has 0 atom stereocenters. The Balaban J connectivity index is 2.75. The number of nitrogens with zero attached hydrogens (tertiary/aromatic N) is 1. The van der Waals surface area contributed by atoms with Gasteiger partial charge in [0, 0.05) is 11.6 Å². The molecule has 1 aromatic carbocycles. The van der Waals surface area contributed by atoms with Crippen LogP contribution >= 0.6 is 0 Å². The summed E-state index contributed by atoms with van der Waals surface area (Å²) in [5, 5.41) is 3.35. The predicted molar refractivity (Wildman–Crippen MR) is 53.4 cm³/mol. The maximum Gasteiger partial charge on any atom is 0.358 e. The summed E-state index contributed by atoms with van der Waals surface area (Å²) in [6.45, 7) is 3.19. The van der Waals surface area contributed by atoms with Crippen LogP contribution in [0.15, 0.2) is 42.1 Å². The number of halogens is 1. The minimum absolute atomic E-state index is 0.00907. The zero-order valence-corrected chi connectivity index (χ0v) is 7.81. The van der Waals surface area contributed by atoms with Crippen molar-refractivity contribution in [2.24, 2.45) is 10.9 Å². The summed E-state index contributed by atoms with van der Waals surface area (Å²) >= 11 is 0. The van der Waals surface area contributed by atoms with Gasteiger partial charge in [-0.05, 0) is 24.3 Å². The molecule has 0 aromatic heterocycles. The average molecular weight is 208 g/mol. The highest BCUT2D eigenvalue weighted by molar-refractivity contribution is 5.97. The molecule has 1 aromatic rings. The number of hydrogen-bond acceptors (Lipinski definition) is 3. The molecular weight excluding hydrogens is 199 g/mol. The van der Waals surface area contributed by atoms with Crippen LogP contribution in [0.5, 0.6) is 0 Å². The summed E-state index contributed by atoms with van der Waals surface area (Å²) in [7, 11) is 0. The maximum atomic E-state index is 12.5. The molecule has 5 heteroatoms. The highest BCUT2D eigenvalue weighted by Crippen LogP contribution is 2.02. The molecule has 0 fully saturated rings. The number of carbonyl (C=O) groups is 1. The Hall–Kier alpha value is -2.17. The Morgan fingerprint density at radius 3 is 2.60 bits per heavy atom. The molecule has 15 heavy (non-hydrogen) atoms. The largest absolute Gasteiger partial charge is 0.380 e. The van der Waals surface area contributed by atoms with Gasteiger partial charge in [-0.1, -0.05) is 11.7 Å². The predicted octanol–water partition coefficient (Wildman–Crippen LogP) is 1.18. The van der Waals surface area contributed by atoms with E-state index in [2.05, 4.69) is 16.6 Å². The van der Waals surface area contributed by atoms with Crippen LogP contribution in [0.2, 0.25) is 0 Å². The normalized spacial score (nSPS) is 10.9. The van der Waals surface area contributed by atoms with Crippen molar-refractivity contribution in [3.63, 3.8) is 0 Å². The Morgan fingerprint density at radius 2 is 2.07 bits per heavy atom. The molecule has 0 heterocycles. The third kappa shape index (κ3) is 3.22. The first-order valence-corrected chi connectivity index (χ1v) is 4.06. The summed E-state index contributed by atoms with van der Waals surface area (Å²) in [6, 6.07) is 5.31. The SMILES string of the molecule is C=CC(=O)ON=C(N)c1ccc(F)cc1. The van der Waals surface area contributed by atoms with Gasteiger partial charge in [0.25, 0.3) is 0 Å². The van der Waals surface area contributed by atoms with Crippen LogP contribution in [0, 0.1) is 5.82 Å². The second-order valence-electron chi connectivity index (χ2n) is 2.60. The summed E-state index contributed by atoms with van der Waals surface area (Å²) in [5.74, 6) is -1.10. The summed E-state index contributed by atoms with van der Waals surface area (Å²) in [6.07, 6.45) is 0.960. The van der Waals surface area contributed by atoms with Crippen molar-refractivity contribution in [2.75, 3.05) is 0 Å². The Bertz CT molecular complexity index is 398. The topological polar surface area (TPSA) is 64.7 Å². The lowest BCUT2D eigenvalue weighted by Crippen LogP contribution is -2.14. The lowest BCUT2D eigenvalue weighted by molar-refractivity contribution is -0.137. The van der Waals surface area contributed by atoms with E-state index in [-0.39, 0.29) is 11.7 Å². The molecule has 0 aliphatic rings. The number of hydrogen-bond donors (Lipinski definition) is 1. The van der Waals surface area contributed by atoms with E-state index in [0.717, 1.165) is 6.08 Å². The molecule has 0 aliphatic carbocycles. The van der Waals surface area contributed by atoms with Crippen LogP contribution in [0.1, 0.15) is 5.56 Å². The van der Waals surface area contributed by atoms with Crippen LogP contribution in [-0.4, -0.2) is 11.8 Å². The fraction of sp³-hybridized carbons (Fsp3) is 0. The smallest absolute Gasteiger partial charge is 0.358 e.